The number of fused-ring (bicyclic) bond motifs is 1. The van der Waals surface area contributed by atoms with Crippen molar-refractivity contribution in [3.63, 3.8) is 0 Å². The van der Waals surface area contributed by atoms with Crippen LogP contribution in [-0.2, 0) is 25.7 Å². The molecule has 0 radical (unpaired) electrons. The molecule has 6 rings (SSSR count). The lowest BCUT2D eigenvalue weighted by Gasteiger charge is -2.38. The highest BCUT2D eigenvalue weighted by atomic mass is 19.3. The summed E-state index contributed by atoms with van der Waals surface area (Å²) in [5, 5.41) is 22.3. The molecule has 3 saturated carbocycles. The van der Waals surface area contributed by atoms with Crippen molar-refractivity contribution in [2.45, 2.75) is 147 Å². The highest BCUT2D eigenvalue weighted by Gasteiger charge is 2.61. The molecule has 57 heavy (non-hydrogen) atoms. The van der Waals surface area contributed by atoms with Crippen molar-refractivity contribution in [2.75, 3.05) is 6.54 Å². The maximum absolute atomic E-state index is 15.4. The van der Waals surface area contributed by atoms with Crippen LogP contribution in [0, 0.1) is 23.2 Å². The zero-order valence-electron chi connectivity index (χ0n) is 33.5. The number of benzene rings is 1. The van der Waals surface area contributed by atoms with Gasteiger partial charge in [-0.05, 0) is 61.3 Å². The van der Waals surface area contributed by atoms with Gasteiger partial charge in [0.05, 0.1) is 6.04 Å². The van der Waals surface area contributed by atoms with Gasteiger partial charge in [0.1, 0.15) is 18.1 Å². The summed E-state index contributed by atoms with van der Waals surface area (Å²) in [6.07, 6.45) is 7.70. The summed E-state index contributed by atoms with van der Waals surface area (Å²) in [5.41, 5.74) is 0.0210. The fourth-order valence-corrected chi connectivity index (χ4v) is 8.95. The zero-order chi connectivity index (χ0) is 41.1. The number of hydrogen-bond acceptors (Lipinski definition) is 7. The molecule has 0 bridgehead atoms. The van der Waals surface area contributed by atoms with Crippen LogP contribution in [0.4, 0.5) is 8.78 Å². The van der Waals surface area contributed by atoms with Crippen molar-refractivity contribution in [2.24, 2.45) is 23.2 Å². The van der Waals surface area contributed by atoms with Gasteiger partial charge in [-0.1, -0.05) is 83.7 Å². The molecular weight excluding hydrogens is 737 g/mol. The molecule has 1 aliphatic heterocycles. The van der Waals surface area contributed by atoms with E-state index >= 15 is 8.78 Å². The Morgan fingerprint density at radius 3 is 2.30 bits per heavy atom. The van der Waals surface area contributed by atoms with Crippen LogP contribution in [0.3, 0.4) is 0 Å². The Hall–Kier alpha value is -4.40. The van der Waals surface area contributed by atoms with Crippen molar-refractivity contribution in [3.05, 3.63) is 54.1 Å². The highest BCUT2D eigenvalue weighted by Crippen LogP contribution is 2.51. The fraction of sp³-hybridized carbons (Fsp3) is 0.667. The van der Waals surface area contributed by atoms with Crippen LogP contribution in [0.5, 0.6) is 0 Å². The Balaban J connectivity index is 1.23. The van der Waals surface area contributed by atoms with Crippen LogP contribution >= 0.6 is 0 Å². The van der Waals surface area contributed by atoms with Gasteiger partial charge in [-0.3, -0.25) is 24.0 Å². The number of likely N-dealkylation sites (tertiary alicyclic amines) is 1. The molecule has 3 aliphatic carbocycles. The van der Waals surface area contributed by atoms with E-state index in [0.717, 1.165) is 37.7 Å². The molecule has 2 aromatic rings. The SMILES string of the molecule is CCC[C@H](NC(=O)[C@@H]1[C@H]2CCC(F)(F)[C@H]2CN1C(=O)C(NC(=O)[C@@H](NC(=O)c1nccn1Cc1ccccc1)C1CCCCC1)C(C)(C)C)C(O)C(=O)NC1CC1. The summed E-state index contributed by atoms with van der Waals surface area (Å²) in [7, 11) is 0. The van der Waals surface area contributed by atoms with Gasteiger partial charge in [-0.15, -0.1) is 0 Å². The molecule has 312 valence electrons. The van der Waals surface area contributed by atoms with Gasteiger partial charge in [-0.2, -0.15) is 0 Å². The number of aliphatic hydroxyl groups is 1. The summed E-state index contributed by atoms with van der Waals surface area (Å²) in [4.78, 5) is 75.6. The Labute approximate surface area is 333 Å². The number of carbonyl (C=O) groups is 5. The third-order valence-corrected chi connectivity index (χ3v) is 12.3. The topological polar surface area (TPSA) is 175 Å². The number of alkyl halides is 2. The van der Waals surface area contributed by atoms with E-state index in [0.29, 0.717) is 25.8 Å². The molecule has 4 fully saturated rings. The van der Waals surface area contributed by atoms with E-state index in [4.69, 9.17) is 0 Å². The number of hydrogen-bond donors (Lipinski definition) is 5. The predicted octanol–water partition coefficient (Wildman–Crippen LogP) is 3.94. The second kappa shape index (κ2) is 17.6. The number of amides is 5. The molecule has 1 saturated heterocycles. The number of aromatic nitrogens is 2. The molecule has 5 amide bonds. The van der Waals surface area contributed by atoms with Crippen molar-refractivity contribution < 1.29 is 37.9 Å². The second-order valence-corrected chi connectivity index (χ2v) is 17.7. The largest absolute Gasteiger partial charge is 0.381 e. The normalized spacial score (nSPS) is 24.1. The number of imidazole rings is 1. The molecular formula is C42H59F2N7O6. The van der Waals surface area contributed by atoms with Crippen molar-refractivity contribution in [1.82, 2.24) is 35.7 Å². The average molecular weight is 796 g/mol. The maximum Gasteiger partial charge on any atom is 0.287 e. The van der Waals surface area contributed by atoms with Crippen LogP contribution in [-0.4, -0.2) is 97.9 Å². The minimum atomic E-state index is -3.12. The number of aliphatic hydroxyl groups excluding tert-OH is 1. The molecule has 4 aliphatic rings. The van der Waals surface area contributed by atoms with Gasteiger partial charge in [0.15, 0.2) is 11.9 Å². The first kappa shape index (κ1) is 42.2. The minimum Gasteiger partial charge on any atom is -0.381 e. The molecule has 2 heterocycles. The Kier molecular flexibility index (Phi) is 13.0. The Morgan fingerprint density at radius 1 is 0.947 bits per heavy atom. The lowest BCUT2D eigenvalue weighted by Crippen LogP contribution is -2.62. The lowest BCUT2D eigenvalue weighted by atomic mass is 9.82. The van der Waals surface area contributed by atoms with Crippen molar-refractivity contribution in [1.29, 1.82) is 0 Å². The Bertz CT molecular complexity index is 1760. The smallest absolute Gasteiger partial charge is 0.287 e. The predicted molar refractivity (Wildman–Crippen MR) is 208 cm³/mol. The van der Waals surface area contributed by atoms with E-state index in [2.05, 4.69) is 26.3 Å². The Morgan fingerprint density at radius 2 is 1.65 bits per heavy atom. The minimum absolute atomic E-state index is 0.00502. The van der Waals surface area contributed by atoms with E-state index in [1.165, 1.54) is 11.1 Å². The summed E-state index contributed by atoms with van der Waals surface area (Å²) >= 11 is 0. The first-order valence-electron chi connectivity index (χ1n) is 20.7. The molecule has 0 spiro atoms. The number of nitrogens with zero attached hydrogens (tertiary/aromatic N) is 3. The molecule has 13 nitrogen and oxygen atoms in total. The van der Waals surface area contributed by atoms with Gasteiger partial charge in [0, 0.05) is 43.9 Å². The van der Waals surface area contributed by atoms with Gasteiger partial charge < -0.3 is 35.8 Å². The standard InChI is InChI=1S/C42H59F2N7O6/c1-5-12-30(33(52)38(55)46-27-17-18-27)47-37(54)32-28-19-20-42(43,44)29(28)24-51(32)40(57)34(41(2,3)4)49-36(53)31(26-15-10-7-11-16-26)48-39(56)35-45-21-22-50(35)23-25-13-8-6-9-14-25/h6,8-9,13-14,21-22,26-34,52H,5,7,10-12,15-20,23-24H2,1-4H3,(H,46,55)(H,47,54)(H,48,56)(H,49,53)/t28-,29-,30-,31-,32-,33?,34?/m0/s1. The van der Waals surface area contributed by atoms with Gasteiger partial charge in [0.2, 0.25) is 17.7 Å². The first-order valence-corrected chi connectivity index (χ1v) is 20.7. The van der Waals surface area contributed by atoms with Gasteiger partial charge in [-0.25, -0.2) is 13.8 Å². The van der Waals surface area contributed by atoms with E-state index < -0.39 is 95.9 Å². The maximum atomic E-state index is 15.4. The van der Waals surface area contributed by atoms with E-state index in [-0.39, 0.29) is 30.6 Å². The summed E-state index contributed by atoms with van der Waals surface area (Å²) in [6.45, 7) is 7.07. The van der Waals surface area contributed by atoms with E-state index in [1.807, 2.05) is 37.3 Å². The van der Waals surface area contributed by atoms with Crippen molar-refractivity contribution in [3.8, 4) is 0 Å². The summed E-state index contributed by atoms with van der Waals surface area (Å²) in [6, 6.07) is 4.99. The van der Waals surface area contributed by atoms with Crippen LogP contribution in [0.25, 0.3) is 0 Å². The molecule has 7 atom stereocenters. The van der Waals surface area contributed by atoms with Gasteiger partial charge in [0.25, 0.3) is 17.7 Å². The first-order chi connectivity index (χ1) is 27.1. The third kappa shape index (κ3) is 9.84. The second-order valence-electron chi connectivity index (χ2n) is 17.7. The van der Waals surface area contributed by atoms with E-state index in [9.17, 15) is 29.1 Å². The molecule has 2 unspecified atom stereocenters. The summed E-state index contributed by atoms with van der Waals surface area (Å²) in [5.74, 6) is -8.50. The lowest BCUT2D eigenvalue weighted by molar-refractivity contribution is -0.146. The number of carbonyl (C=O) groups excluding carboxylic acids is 5. The highest BCUT2D eigenvalue weighted by molar-refractivity contribution is 5.98. The van der Waals surface area contributed by atoms with E-state index in [1.54, 1.807) is 31.5 Å². The quantitative estimate of drug-likeness (QED) is 0.182. The van der Waals surface area contributed by atoms with Crippen LogP contribution in [0.15, 0.2) is 42.7 Å². The summed E-state index contributed by atoms with van der Waals surface area (Å²) < 4.78 is 32.5. The number of halogens is 2. The zero-order valence-corrected chi connectivity index (χ0v) is 33.5. The number of rotatable bonds is 15. The molecule has 1 aromatic carbocycles. The van der Waals surface area contributed by atoms with Crippen LogP contribution in [0.1, 0.15) is 115 Å². The molecule has 5 N–H and O–H groups in total. The van der Waals surface area contributed by atoms with Crippen molar-refractivity contribution >= 4 is 29.5 Å². The monoisotopic (exact) mass is 795 g/mol. The molecule has 15 heteroatoms. The number of nitrogens with one attached hydrogen (secondary N) is 4. The fourth-order valence-electron chi connectivity index (χ4n) is 8.95. The average Bonchev–Trinajstić information content (AvgIpc) is 3.58. The van der Waals surface area contributed by atoms with Crippen LogP contribution < -0.4 is 21.3 Å². The third-order valence-electron chi connectivity index (χ3n) is 12.3. The van der Waals surface area contributed by atoms with Gasteiger partial charge >= 0.3 is 0 Å². The van der Waals surface area contributed by atoms with Crippen LogP contribution in [0.2, 0.25) is 0 Å². The molecule has 1 aromatic heterocycles.